The third-order valence-electron chi connectivity index (χ3n) is 5.16. The van der Waals surface area contributed by atoms with Crippen LogP contribution in [0.3, 0.4) is 0 Å². The molecular weight excluding hydrogens is 671 g/mol. The number of unbranched alkanes of at least 4 members (excludes halogenated alkanes) is 2. The molecule has 19 heteroatoms. The molecule has 0 saturated carbocycles. The molecule has 0 rings (SSSR count). The fourth-order valence-corrected chi connectivity index (χ4v) is 13.0. The Kier molecular flexibility index (Phi) is 12.7. The van der Waals surface area contributed by atoms with Gasteiger partial charge in [0.05, 0.1) is 0 Å². The summed E-state index contributed by atoms with van der Waals surface area (Å²) in [7, 11) is 0. The van der Waals surface area contributed by atoms with Gasteiger partial charge in [0.1, 0.15) is 0 Å². The Labute approximate surface area is 206 Å². The quantitative estimate of drug-likeness (QED) is 0.106. The van der Waals surface area contributed by atoms with Crippen LogP contribution in [0.15, 0.2) is 0 Å². The fraction of sp³-hybridized carbons (Fsp3) is 1.00. The van der Waals surface area contributed by atoms with E-state index in [1.54, 1.807) is 0 Å². The van der Waals surface area contributed by atoms with Crippen LogP contribution < -0.4 is 0 Å². The first-order valence-electron chi connectivity index (χ1n) is 10.5. The van der Waals surface area contributed by atoms with E-state index in [1.165, 1.54) is 13.8 Å². The Morgan fingerprint density at radius 3 is 1.03 bits per heavy atom. The molecule has 0 spiro atoms. The summed E-state index contributed by atoms with van der Waals surface area (Å²) in [5.41, 5.74) is 0. The molecule has 2 nitrogen and oxygen atoms in total. The summed E-state index contributed by atoms with van der Waals surface area (Å²) in [5.74, 6) is -38.8. The second kappa shape index (κ2) is 12.8. The van der Waals surface area contributed by atoms with Gasteiger partial charge in [-0.1, -0.05) is 0 Å². The van der Waals surface area contributed by atoms with E-state index in [-0.39, 0.29) is 25.7 Å². The maximum atomic E-state index is 14.0. The molecule has 0 aromatic heterocycles. The number of hydrogen-bond acceptors (Lipinski definition) is 2. The molecule has 0 amide bonds. The van der Waals surface area contributed by atoms with Gasteiger partial charge in [0.25, 0.3) is 0 Å². The fourth-order valence-electron chi connectivity index (χ4n) is 2.73. The Balaban J connectivity index is 6.22. The molecule has 0 aliphatic rings. The molecule has 0 aliphatic carbocycles. The van der Waals surface area contributed by atoms with Crippen LogP contribution >= 0.6 is 0 Å². The summed E-state index contributed by atoms with van der Waals surface area (Å²) in [5, 5.41) is 0. The topological polar surface area (TPSA) is 18.5 Å². The molecule has 0 fully saturated rings. The number of alkyl halides is 16. The van der Waals surface area contributed by atoms with Gasteiger partial charge in [0.15, 0.2) is 0 Å². The van der Waals surface area contributed by atoms with Crippen LogP contribution in [-0.4, -0.2) is 80.8 Å². The Bertz CT molecular complexity index is 643. The zero-order valence-electron chi connectivity index (χ0n) is 19.2. The average Bonchev–Trinajstić information content (AvgIpc) is 2.77. The number of halogens is 16. The third kappa shape index (κ3) is 7.84. The molecule has 0 heterocycles. The van der Waals surface area contributed by atoms with E-state index < -0.39 is 89.7 Å². The van der Waals surface area contributed by atoms with Crippen molar-refractivity contribution in [3.05, 3.63) is 0 Å². The Hall–Kier alpha value is -0.401. The molecule has 0 N–H and O–H groups in total. The van der Waals surface area contributed by atoms with E-state index in [0.717, 1.165) is 0 Å². The van der Waals surface area contributed by atoms with E-state index in [9.17, 15) is 70.2 Å². The summed E-state index contributed by atoms with van der Waals surface area (Å²) in [6, 6.07) is 0. The molecule has 0 aromatic carbocycles. The summed E-state index contributed by atoms with van der Waals surface area (Å²) in [6.45, 7) is -2.76. The molecule has 224 valence electrons. The van der Waals surface area contributed by atoms with Crippen LogP contribution in [0.2, 0.25) is 8.87 Å². The SMILES string of the molecule is CCC[CH2][Sn]([CH2]CCC)([O]CC(F)(F)C(F)(F)C(F)(F)C(F)F)[O]CC(F)(F)C(F)(F)C(F)(F)C(F)F. The molecule has 37 heavy (non-hydrogen) atoms. The van der Waals surface area contributed by atoms with Crippen molar-refractivity contribution in [2.24, 2.45) is 0 Å². The van der Waals surface area contributed by atoms with Crippen molar-refractivity contribution in [2.45, 2.75) is 96.8 Å². The van der Waals surface area contributed by atoms with Gasteiger partial charge in [-0.15, -0.1) is 0 Å². The minimum atomic E-state index is -6.74. The van der Waals surface area contributed by atoms with Gasteiger partial charge in [-0.25, -0.2) is 0 Å². The van der Waals surface area contributed by atoms with Gasteiger partial charge >= 0.3 is 206 Å². The molecule has 0 bridgehead atoms. The van der Waals surface area contributed by atoms with Crippen molar-refractivity contribution < 1.29 is 76.4 Å². The summed E-state index contributed by atoms with van der Waals surface area (Å²) in [4.78, 5) is 0. The van der Waals surface area contributed by atoms with Crippen molar-refractivity contribution in [1.82, 2.24) is 0 Å². The molecule has 0 radical (unpaired) electrons. The van der Waals surface area contributed by atoms with E-state index >= 15 is 0 Å². The van der Waals surface area contributed by atoms with Gasteiger partial charge in [-0.2, -0.15) is 0 Å². The number of rotatable bonds is 18. The zero-order valence-corrected chi connectivity index (χ0v) is 22.0. The molecule has 0 saturated heterocycles. The van der Waals surface area contributed by atoms with Gasteiger partial charge in [-0.3, -0.25) is 0 Å². The van der Waals surface area contributed by atoms with E-state index in [1.807, 2.05) is 0 Å². The average molecular weight is 695 g/mol. The van der Waals surface area contributed by atoms with Gasteiger partial charge in [0, 0.05) is 0 Å². The molecule has 0 unspecified atom stereocenters. The maximum absolute atomic E-state index is 14.0. The normalized spacial score (nSPS) is 15.2. The predicted octanol–water partition coefficient (Wildman–Crippen LogP) is 8.40. The first-order valence-corrected chi connectivity index (χ1v) is 16.9. The van der Waals surface area contributed by atoms with Crippen LogP contribution in [0, 0.1) is 0 Å². The Morgan fingerprint density at radius 2 is 0.811 bits per heavy atom. The zero-order chi connectivity index (χ0) is 29.7. The summed E-state index contributed by atoms with van der Waals surface area (Å²) >= 11 is -5.84. The monoisotopic (exact) mass is 696 g/mol. The standard InChI is InChI=1S/2C5H3F8O.2C4H9.Sn/c2*6-2(7)4(10,11)5(12,13)3(8,9)1-14;2*1-3-4-2;/h2*2H,1H2;2*1,3-4H2,2H3;/q2*-1;;;+2. The summed E-state index contributed by atoms with van der Waals surface area (Å²) in [6.07, 6.45) is -10.7. The molecule has 0 atom stereocenters. The van der Waals surface area contributed by atoms with E-state index in [2.05, 4.69) is 6.15 Å². The van der Waals surface area contributed by atoms with Crippen molar-refractivity contribution in [1.29, 1.82) is 0 Å². The predicted molar refractivity (Wildman–Crippen MR) is 98.8 cm³/mol. The first-order chi connectivity index (χ1) is 16.4. The van der Waals surface area contributed by atoms with Crippen LogP contribution in [0.5, 0.6) is 0 Å². The van der Waals surface area contributed by atoms with Crippen LogP contribution in [0.25, 0.3) is 0 Å². The van der Waals surface area contributed by atoms with Crippen LogP contribution in [-0.2, 0) is 6.15 Å². The van der Waals surface area contributed by atoms with Gasteiger partial charge in [0.2, 0.25) is 0 Å². The Morgan fingerprint density at radius 1 is 0.541 bits per heavy atom. The second-order valence-corrected chi connectivity index (χ2v) is 17.8. The van der Waals surface area contributed by atoms with E-state index in [0.29, 0.717) is 0 Å². The van der Waals surface area contributed by atoms with Crippen molar-refractivity contribution >= 4 is 19.2 Å². The third-order valence-corrected chi connectivity index (χ3v) is 15.4. The van der Waals surface area contributed by atoms with E-state index in [4.69, 9.17) is 0 Å². The molecule has 0 aromatic rings. The second-order valence-electron chi connectivity index (χ2n) is 8.10. The van der Waals surface area contributed by atoms with Crippen molar-refractivity contribution in [3.63, 3.8) is 0 Å². The van der Waals surface area contributed by atoms with Crippen LogP contribution in [0.1, 0.15) is 39.5 Å². The number of hydrogen-bond donors (Lipinski definition) is 0. The summed E-state index contributed by atoms with van der Waals surface area (Å²) < 4.78 is 220. The van der Waals surface area contributed by atoms with Crippen molar-refractivity contribution in [3.8, 4) is 0 Å². The first kappa shape index (κ1) is 36.6. The van der Waals surface area contributed by atoms with Crippen molar-refractivity contribution in [2.75, 3.05) is 13.2 Å². The van der Waals surface area contributed by atoms with Crippen LogP contribution in [0.4, 0.5) is 70.2 Å². The van der Waals surface area contributed by atoms with Gasteiger partial charge in [-0.05, 0) is 0 Å². The molecular formula is C18H24F16O2Sn. The minimum absolute atomic E-state index is 0.101. The molecule has 0 aliphatic heterocycles. The van der Waals surface area contributed by atoms with Gasteiger partial charge < -0.3 is 0 Å².